The van der Waals surface area contributed by atoms with Crippen LogP contribution in [-0.2, 0) is 4.79 Å². The van der Waals surface area contributed by atoms with Gasteiger partial charge in [0.05, 0.1) is 26.3 Å². The van der Waals surface area contributed by atoms with E-state index in [0.29, 0.717) is 0 Å². The standard InChI is InChI=1S/C20H26N2O3/c1-14-6-5-7-18(15(14)2)21-20(24)12-22(3)19(13-23)16-8-10-17(25-4)11-9-16/h5-11,19,23H,12-13H2,1-4H3,(H,21,24). The van der Waals surface area contributed by atoms with Crippen LogP contribution in [0, 0.1) is 13.8 Å². The first-order chi connectivity index (χ1) is 12.0. The summed E-state index contributed by atoms with van der Waals surface area (Å²) in [5, 5.41) is 12.7. The maximum absolute atomic E-state index is 12.4. The molecular weight excluding hydrogens is 316 g/mol. The predicted octanol–water partition coefficient (Wildman–Crippen LogP) is 2.92. The van der Waals surface area contributed by atoms with Gasteiger partial charge in [0, 0.05) is 5.69 Å². The highest BCUT2D eigenvalue weighted by Crippen LogP contribution is 2.22. The lowest BCUT2D eigenvalue weighted by molar-refractivity contribution is -0.117. The summed E-state index contributed by atoms with van der Waals surface area (Å²) in [6, 6.07) is 13.1. The molecule has 0 aliphatic carbocycles. The van der Waals surface area contributed by atoms with Gasteiger partial charge in [0.15, 0.2) is 0 Å². The highest BCUT2D eigenvalue weighted by Gasteiger charge is 2.19. The molecule has 2 aromatic carbocycles. The Morgan fingerprint density at radius 2 is 1.88 bits per heavy atom. The minimum Gasteiger partial charge on any atom is -0.497 e. The number of aryl methyl sites for hydroxylation is 1. The van der Waals surface area contributed by atoms with Crippen molar-refractivity contribution < 1.29 is 14.6 Å². The van der Waals surface area contributed by atoms with Crippen LogP contribution in [0.15, 0.2) is 42.5 Å². The molecule has 0 bridgehead atoms. The number of aliphatic hydroxyl groups is 1. The number of nitrogens with zero attached hydrogens (tertiary/aromatic N) is 1. The van der Waals surface area contributed by atoms with Crippen molar-refractivity contribution in [1.29, 1.82) is 0 Å². The molecule has 0 saturated carbocycles. The Morgan fingerprint density at radius 1 is 1.20 bits per heavy atom. The van der Waals surface area contributed by atoms with Crippen LogP contribution >= 0.6 is 0 Å². The van der Waals surface area contributed by atoms with E-state index in [4.69, 9.17) is 4.74 Å². The molecule has 2 aromatic rings. The molecule has 134 valence electrons. The van der Waals surface area contributed by atoms with E-state index in [-0.39, 0.29) is 25.1 Å². The smallest absolute Gasteiger partial charge is 0.238 e. The molecule has 0 aromatic heterocycles. The van der Waals surface area contributed by atoms with Crippen LogP contribution in [0.3, 0.4) is 0 Å². The van der Waals surface area contributed by atoms with Crippen LogP contribution in [0.2, 0.25) is 0 Å². The molecule has 0 heterocycles. The number of nitrogens with one attached hydrogen (secondary N) is 1. The summed E-state index contributed by atoms with van der Waals surface area (Å²) in [4.78, 5) is 14.2. The molecule has 1 unspecified atom stereocenters. The monoisotopic (exact) mass is 342 g/mol. The first kappa shape index (κ1) is 19.0. The van der Waals surface area contributed by atoms with Gasteiger partial charge in [-0.15, -0.1) is 0 Å². The fraction of sp³-hybridized carbons (Fsp3) is 0.350. The fourth-order valence-electron chi connectivity index (χ4n) is 2.74. The number of carbonyl (C=O) groups is 1. The van der Waals surface area contributed by atoms with Crippen molar-refractivity contribution in [2.75, 3.05) is 32.6 Å². The number of methoxy groups -OCH3 is 1. The number of amides is 1. The van der Waals surface area contributed by atoms with Gasteiger partial charge in [-0.05, 0) is 55.8 Å². The van der Waals surface area contributed by atoms with Gasteiger partial charge in [-0.25, -0.2) is 0 Å². The molecule has 0 aliphatic heterocycles. The maximum Gasteiger partial charge on any atom is 0.238 e. The van der Waals surface area contributed by atoms with Crippen LogP contribution in [0.4, 0.5) is 5.69 Å². The number of anilines is 1. The lowest BCUT2D eigenvalue weighted by atomic mass is 10.1. The zero-order valence-corrected chi connectivity index (χ0v) is 15.2. The van der Waals surface area contributed by atoms with E-state index in [2.05, 4.69) is 5.32 Å². The van der Waals surface area contributed by atoms with Crippen molar-refractivity contribution in [1.82, 2.24) is 4.90 Å². The minimum absolute atomic E-state index is 0.0699. The molecule has 1 atom stereocenters. The first-order valence-electron chi connectivity index (χ1n) is 8.27. The minimum atomic E-state index is -0.254. The van der Waals surface area contributed by atoms with Crippen molar-refractivity contribution in [3.05, 3.63) is 59.2 Å². The lowest BCUT2D eigenvalue weighted by Crippen LogP contribution is -2.35. The highest BCUT2D eigenvalue weighted by atomic mass is 16.5. The SMILES string of the molecule is COc1ccc(C(CO)N(C)CC(=O)Nc2cccc(C)c2C)cc1. The molecule has 0 radical (unpaired) electrons. The van der Waals surface area contributed by atoms with E-state index in [1.165, 1.54) is 0 Å². The van der Waals surface area contributed by atoms with Gasteiger partial charge < -0.3 is 15.2 Å². The summed E-state index contributed by atoms with van der Waals surface area (Å²) in [7, 11) is 3.44. The van der Waals surface area contributed by atoms with Crippen LogP contribution < -0.4 is 10.1 Å². The van der Waals surface area contributed by atoms with Gasteiger partial charge in [0.25, 0.3) is 0 Å². The van der Waals surface area contributed by atoms with Crippen LogP contribution in [0.25, 0.3) is 0 Å². The molecule has 2 N–H and O–H groups in total. The van der Waals surface area contributed by atoms with Gasteiger partial charge >= 0.3 is 0 Å². The summed E-state index contributed by atoms with van der Waals surface area (Å²) in [6.45, 7) is 4.12. The molecule has 2 rings (SSSR count). The van der Waals surface area contributed by atoms with E-state index < -0.39 is 0 Å². The zero-order valence-electron chi connectivity index (χ0n) is 15.2. The van der Waals surface area contributed by atoms with Crippen LogP contribution in [0.1, 0.15) is 22.7 Å². The Bertz CT molecular complexity index is 713. The maximum atomic E-state index is 12.4. The number of aliphatic hydroxyl groups excluding tert-OH is 1. The van der Waals surface area contributed by atoms with E-state index in [0.717, 1.165) is 28.1 Å². The molecule has 0 aliphatic rings. The second-order valence-corrected chi connectivity index (χ2v) is 6.18. The Hall–Kier alpha value is -2.37. The second kappa shape index (κ2) is 8.65. The predicted molar refractivity (Wildman–Crippen MR) is 100.0 cm³/mol. The summed E-state index contributed by atoms with van der Waals surface area (Å²) in [6.07, 6.45) is 0. The number of carbonyl (C=O) groups excluding carboxylic acids is 1. The molecule has 5 heteroatoms. The summed E-state index contributed by atoms with van der Waals surface area (Å²) >= 11 is 0. The molecule has 25 heavy (non-hydrogen) atoms. The zero-order chi connectivity index (χ0) is 18.4. The molecular formula is C20H26N2O3. The Morgan fingerprint density at radius 3 is 2.48 bits per heavy atom. The van der Waals surface area contributed by atoms with Gasteiger partial charge in [-0.1, -0.05) is 24.3 Å². The number of benzene rings is 2. The highest BCUT2D eigenvalue weighted by molar-refractivity contribution is 5.93. The Balaban J connectivity index is 2.03. The first-order valence-corrected chi connectivity index (χ1v) is 8.27. The second-order valence-electron chi connectivity index (χ2n) is 6.18. The molecule has 5 nitrogen and oxygen atoms in total. The third-order valence-corrected chi connectivity index (χ3v) is 4.48. The Labute approximate surface area is 149 Å². The topological polar surface area (TPSA) is 61.8 Å². The van der Waals surface area contributed by atoms with E-state index in [1.807, 2.05) is 68.3 Å². The van der Waals surface area contributed by atoms with E-state index in [9.17, 15) is 9.90 Å². The average molecular weight is 342 g/mol. The van der Waals surface area contributed by atoms with Crippen molar-refractivity contribution in [2.45, 2.75) is 19.9 Å². The molecule has 0 saturated heterocycles. The number of hydrogen-bond acceptors (Lipinski definition) is 4. The molecule has 1 amide bonds. The van der Waals surface area contributed by atoms with E-state index >= 15 is 0 Å². The van der Waals surface area contributed by atoms with Crippen molar-refractivity contribution >= 4 is 11.6 Å². The van der Waals surface area contributed by atoms with Gasteiger partial charge in [0.1, 0.15) is 5.75 Å². The molecule has 0 spiro atoms. The summed E-state index contributed by atoms with van der Waals surface area (Å²) in [5.74, 6) is 0.652. The summed E-state index contributed by atoms with van der Waals surface area (Å²) in [5.41, 5.74) is 3.96. The normalized spacial score (nSPS) is 12.1. The Kier molecular flexibility index (Phi) is 6.56. The van der Waals surface area contributed by atoms with Crippen molar-refractivity contribution in [3.8, 4) is 5.75 Å². The summed E-state index contributed by atoms with van der Waals surface area (Å²) < 4.78 is 5.15. The van der Waals surface area contributed by atoms with E-state index in [1.54, 1.807) is 7.11 Å². The van der Waals surface area contributed by atoms with Crippen molar-refractivity contribution in [3.63, 3.8) is 0 Å². The number of rotatable bonds is 7. The lowest BCUT2D eigenvalue weighted by Gasteiger charge is -2.26. The quantitative estimate of drug-likeness (QED) is 0.812. The number of hydrogen-bond donors (Lipinski definition) is 2. The van der Waals surface area contributed by atoms with Crippen LogP contribution in [-0.4, -0.2) is 43.2 Å². The van der Waals surface area contributed by atoms with Crippen LogP contribution in [0.5, 0.6) is 5.75 Å². The van der Waals surface area contributed by atoms with Crippen molar-refractivity contribution in [2.24, 2.45) is 0 Å². The third-order valence-electron chi connectivity index (χ3n) is 4.48. The number of likely N-dealkylation sites (N-methyl/N-ethyl adjacent to an activating group) is 1. The van der Waals surface area contributed by atoms with Gasteiger partial charge in [-0.3, -0.25) is 9.69 Å². The molecule has 0 fully saturated rings. The largest absolute Gasteiger partial charge is 0.497 e. The third kappa shape index (κ3) is 4.81. The fourth-order valence-corrected chi connectivity index (χ4v) is 2.74. The average Bonchev–Trinajstić information content (AvgIpc) is 2.60. The number of ether oxygens (including phenoxy) is 1. The van der Waals surface area contributed by atoms with Gasteiger partial charge in [-0.2, -0.15) is 0 Å². The van der Waals surface area contributed by atoms with Gasteiger partial charge in [0.2, 0.25) is 5.91 Å².